The SMILES string of the molecule is Cc1cc(-c2nnnn2C(C)C)ccc1N. The van der Waals surface area contributed by atoms with Gasteiger partial charge in [0.05, 0.1) is 6.04 Å². The Morgan fingerprint density at radius 3 is 2.69 bits per heavy atom. The minimum Gasteiger partial charge on any atom is -0.399 e. The van der Waals surface area contributed by atoms with Crippen LogP contribution < -0.4 is 5.73 Å². The number of hydrogen-bond donors (Lipinski definition) is 1. The summed E-state index contributed by atoms with van der Waals surface area (Å²) in [5.41, 5.74) is 8.59. The van der Waals surface area contributed by atoms with Crippen LogP contribution in [0.3, 0.4) is 0 Å². The van der Waals surface area contributed by atoms with Gasteiger partial charge in [0.2, 0.25) is 0 Å². The lowest BCUT2D eigenvalue weighted by Gasteiger charge is -2.08. The first kappa shape index (κ1) is 10.6. The summed E-state index contributed by atoms with van der Waals surface area (Å²) in [6, 6.07) is 6.06. The van der Waals surface area contributed by atoms with E-state index in [2.05, 4.69) is 15.5 Å². The van der Waals surface area contributed by atoms with Crippen LogP contribution in [0.15, 0.2) is 18.2 Å². The van der Waals surface area contributed by atoms with Crippen molar-refractivity contribution >= 4 is 5.69 Å². The number of nitrogen functional groups attached to an aromatic ring is 1. The fourth-order valence-electron chi connectivity index (χ4n) is 1.55. The molecule has 2 rings (SSSR count). The molecule has 1 aromatic heterocycles. The van der Waals surface area contributed by atoms with Crippen molar-refractivity contribution in [2.45, 2.75) is 26.8 Å². The monoisotopic (exact) mass is 217 g/mol. The summed E-state index contributed by atoms with van der Waals surface area (Å²) in [6.45, 7) is 6.07. The molecule has 1 aromatic carbocycles. The van der Waals surface area contributed by atoms with E-state index in [-0.39, 0.29) is 6.04 Å². The average molecular weight is 217 g/mol. The summed E-state index contributed by atoms with van der Waals surface area (Å²) in [5, 5.41) is 11.7. The number of aromatic nitrogens is 4. The summed E-state index contributed by atoms with van der Waals surface area (Å²) in [7, 11) is 0. The van der Waals surface area contributed by atoms with E-state index in [9.17, 15) is 0 Å². The van der Waals surface area contributed by atoms with Crippen molar-refractivity contribution in [1.29, 1.82) is 0 Å². The number of anilines is 1. The van der Waals surface area contributed by atoms with Crippen molar-refractivity contribution in [1.82, 2.24) is 20.2 Å². The third-order valence-electron chi connectivity index (χ3n) is 2.51. The van der Waals surface area contributed by atoms with Gasteiger partial charge >= 0.3 is 0 Å². The number of nitrogens with two attached hydrogens (primary N) is 1. The van der Waals surface area contributed by atoms with Crippen molar-refractivity contribution in [3.8, 4) is 11.4 Å². The van der Waals surface area contributed by atoms with Gasteiger partial charge in [-0.1, -0.05) is 0 Å². The van der Waals surface area contributed by atoms with Crippen molar-refractivity contribution in [3.05, 3.63) is 23.8 Å². The fraction of sp³-hybridized carbons (Fsp3) is 0.364. The minimum absolute atomic E-state index is 0.239. The molecule has 0 bridgehead atoms. The molecule has 0 saturated carbocycles. The molecule has 1 heterocycles. The molecule has 0 amide bonds. The van der Waals surface area contributed by atoms with Crippen molar-refractivity contribution in [2.24, 2.45) is 0 Å². The second kappa shape index (κ2) is 3.92. The average Bonchev–Trinajstić information content (AvgIpc) is 2.71. The number of rotatable bonds is 2. The molecule has 16 heavy (non-hydrogen) atoms. The van der Waals surface area contributed by atoms with Crippen LogP contribution in [0.5, 0.6) is 0 Å². The molecule has 5 nitrogen and oxygen atoms in total. The predicted molar refractivity (Wildman–Crippen MR) is 62.8 cm³/mol. The highest BCUT2D eigenvalue weighted by Crippen LogP contribution is 2.22. The molecular weight excluding hydrogens is 202 g/mol. The van der Waals surface area contributed by atoms with E-state index in [0.29, 0.717) is 0 Å². The van der Waals surface area contributed by atoms with E-state index >= 15 is 0 Å². The van der Waals surface area contributed by atoms with E-state index in [1.165, 1.54) is 0 Å². The van der Waals surface area contributed by atoms with E-state index in [1.54, 1.807) is 4.68 Å². The molecule has 0 fully saturated rings. The normalized spacial score (nSPS) is 11.0. The molecule has 2 N–H and O–H groups in total. The van der Waals surface area contributed by atoms with Gasteiger partial charge in [0.1, 0.15) is 0 Å². The van der Waals surface area contributed by atoms with Crippen LogP contribution in [0.4, 0.5) is 5.69 Å². The van der Waals surface area contributed by atoms with Crippen LogP contribution in [0.1, 0.15) is 25.5 Å². The van der Waals surface area contributed by atoms with Gasteiger partial charge in [-0.25, -0.2) is 4.68 Å². The molecule has 0 aliphatic rings. The van der Waals surface area contributed by atoms with Crippen molar-refractivity contribution < 1.29 is 0 Å². The molecule has 0 spiro atoms. The number of benzene rings is 1. The molecule has 0 radical (unpaired) electrons. The topological polar surface area (TPSA) is 69.6 Å². The summed E-state index contributed by atoms with van der Waals surface area (Å²) in [6.07, 6.45) is 0. The first-order chi connectivity index (χ1) is 7.59. The van der Waals surface area contributed by atoms with Gasteiger partial charge in [-0.2, -0.15) is 0 Å². The maximum Gasteiger partial charge on any atom is 0.182 e. The van der Waals surface area contributed by atoms with Crippen molar-refractivity contribution in [3.63, 3.8) is 0 Å². The van der Waals surface area contributed by atoms with E-state index in [0.717, 1.165) is 22.6 Å². The lowest BCUT2D eigenvalue weighted by Crippen LogP contribution is -2.05. The van der Waals surface area contributed by atoms with Gasteiger partial charge in [-0.05, 0) is 55.0 Å². The zero-order valence-electron chi connectivity index (χ0n) is 9.68. The lowest BCUT2D eigenvalue weighted by atomic mass is 10.1. The van der Waals surface area contributed by atoms with Gasteiger partial charge in [0.25, 0.3) is 0 Å². The Balaban J connectivity index is 2.50. The Bertz CT molecular complexity index is 501. The van der Waals surface area contributed by atoms with Gasteiger partial charge in [0.15, 0.2) is 5.82 Å². The van der Waals surface area contributed by atoms with Gasteiger partial charge in [-0.3, -0.25) is 0 Å². The Morgan fingerprint density at radius 2 is 2.06 bits per heavy atom. The van der Waals surface area contributed by atoms with Crippen LogP contribution >= 0.6 is 0 Å². The van der Waals surface area contributed by atoms with Gasteiger partial charge in [-0.15, -0.1) is 5.10 Å². The van der Waals surface area contributed by atoms with E-state index in [1.807, 2.05) is 39.0 Å². The second-order valence-corrected chi connectivity index (χ2v) is 4.11. The standard InChI is InChI=1S/C11H15N5/c1-7(2)16-11(13-14-15-16)9-4-5-10(12)8(3)6-9/h4-7H,12H2,1-3H3. The van der Waals surface area contributed by atoms with Gasteiger partial charge in [0, 0.05) is 11.3 Å². The summed E-state index contributed by atoms with van der Waals surface area (Å²) in [5.74, 6) is 0.776. The summed E-state index contributed by atoms with van der Waals surface area (Å²) in [4.78, 5) is 0. The summed E-state index contributed by atoms with van der Waals surface area (Å²) >= 11 is 0. The largest absolute Gasteiger partial charge is 0.399 e. The van der Waals surface area contributed by atoms with E-state index in [4.69, 9.17) is 5.73 Å². The predicted octanol–water partition coefficient (Wildman–Crippen LogP) is 1.81. The smallest absolute Gasteiger partial charge is 0.182 e. The zero-order chi connectivity index (χ0) is 11.7. The van der Waals surface area contributed by atoms with E-state index < -0.39 is 0 Å². The molecule has 84 valence electrons. The summed E-state index contributed by atoms with van der Waals surface area (Å²) < 4.78 is 1.80. The highest BCUT2D eigenvalue weighted by atomic mass is 15.5. The number of tetrazole rings is 1. The molecule has 0 unspecified atom stereocenters. The molecule has 2 aromatic rings. The zero-order valence-corrected chi connectivity index (χ0v) is 9.68. The lowest BCUT2D eigenvalue weighted by molar-refractivity contribution is 0.519. The highest BCUT2D eigenvalue weighted by Gasteiger charge is 2.11. The quantitative estimate of drug-likeness (QED) is 0.779. The third kappa shape index (κ3) is 1.76. The highest BCUT2D eigenvalue weighted by molar-refractivity contribution is 5.61. The first-order valence-electron chi connectivity index (χ1n) is 5.24. The van der Waals surface area contributed by atoms with Crippen LogP contribution in [-0.4, -0.2) is 20.2 Å². The first-order valence-corrected chi connectivity index (χ1v) is 5.24. The number of nitrogens with zero attached hydrogens (tertiary/aromatic N) is 4. The maximum atomic E-state index is 5.78. The Morgan fingerprint density at radius 1 is 1.31 bits per heavy atom. The minimum atomic E-state index is 0.239. The van der Waals surface area contributed by atoms with Crippen LogP contribution in [0.25, 0.3) is 11.4 Å². The second-order valence-electron chi connectivity index (χ2n) is 4.11. The van der Waals surface area contributed by atoms with Crippen LogP contribution in [0.2, 0.25) is 0 Å². The molecule has 0 saturated heterocycles. The maximum absolute atomic E-state index is 5.78. The van der Waals surface area contributed by atoms with Gasteiger partial charge < -0.3 is 5.73 Å². The molecule has 0 aliphatic carbocycles. The van der Waals surface area contributed by atoms with Crippen LogP contribution in [-0.2, 0) is 0 Å². The number of hydrogen-bond acceptors (Lipinski definition) is 4. The molecular formula is C11H15N5. The molecule has 0 atom stereocenters. The van der Waals surface area contributed by atoms with Crippen molar-refractivity contribution in [2.75, 3.05) is 5.73 Å². The van der Waals surface area contributed by atoms with Crippen LogP contribution in [0, 0.1) is 6.92 Å². The fourth-order valence-corrected chi connectivity index (χ4v) is 1.55. The molecule has 0 aliphatic heterocycles. The Hall–Kier alpha value is -1.91. The third-order valence-corrected chi connectivity index (χ3v) is 2.51. The number of aryl methyl sites for hydroxylation is 1. The molecule has 5 heteroatoms. The Kier molecular flexibility index (Phi) is 2.60. The Labute approximate surface area is 94.3 Å².